The number of nitrogens with one attached hydrogen (secondary N) is 2. The van der Waals surface area contributed by atoms with Crippen LogP contribution in [0.1, 0.15) is 41.1 Å². The molecule has 3 N–H and O–H groups in total. The molecule has 1 saturated heterocycles. The van der Waals surface area contributed by atoms with E-state index < -0.39 is 20.5 Å². The standard InChI is InChI=1S/C21H22N2O6S2.ClH/c1-22-20(25)16-11-14-10-13(4-5-15(14)29-16)17-6-7-18(30-17)21(12-19(24)23-26)8-2-3-9-31(21,27)28;/h4-7,10-11,26H,2-3,8-9,12H2,1H3,(H,22,25)(H,23,24);1H/t21-;/m0./s1. The van der Waals surface area contributed by atoms with Gasteiger partial charge in [-0.05, 0) is 54.8 Å². The molecule has 11 heteroatoms. The fraction of sp³-hybridized carbons (Fsp3) is 0.333. The Morgan fingerprint density at radius 1 is 1.19 bits per heavy atom. The molecule has 0 bridgehead atoms. The van der Waals surface area contributed by atoms with Gasteiger partial charge in [-0.2, -0.15) is 0 Å². The third-order valence-electron chi connectivity index (χ3n) is 5.72. The number of halogens is 1. The lowest BCUT2D eigenvalue weighted by Crippen LogP contribution is -2.43. The number of amides is 2. The van der Waals surface area contributed by atoms with Gasteiger partial charge in [0.25, 0.3) is 5.91 Å². The first-order chi connectivity index (χ1) is 14.8. The number of hydroxylamine groups is 1. The number of hydrogen-bond acceptors (Lipinski definition) is 7. The summed E-state index contributed by atoms with van der Waals surface area (Å²) >= 11 is 1.32. The lowest BCUT2D eigenvalue weighted by atomic mass is 9.94. The first-order valence-corrected chi connectivity index (χ1v) is 12.3. The molecule has 32 heavy (non-hydrogen) atoms. The lowest BCUT2D eigenvalue weighted by molar-refractivity contribution is -0.130. The number of hydrogen-bond donors (Lipinski definition) is 3. The second kappa shape index (κ2) is 9.22. The SMILES string of the molecule is CNC(=O)c1cc2cc(-c3ccc([C@@]4(CC(=O)NO)CCCCS4(=O)=O)s3)ccc2o1.Cl. The molecule has 3 aromatic rings. The fourth-order valence-electron chi connectivity index (χ4n) is 4.08. The minimum Gasteiger partial charge on any atom is -0.451 e. The molecular formula is C21H23ClN2O6S2. The van der Waals surface area contributed by atoms with Crippen LogP contribution in [0.25, 0.3) is 21.4 Å². The van der Waals surface area contributed by atoms with Crippen molar-refractivity contribution in [1.29, 1.82) is 0 Å². The Hall–Kier alpha value is -2.40. The van der Waals surface area contributed by atoms with E-state index in [1.165, 1.54) is 18.4 Å². The molecule has 4 rings (SSSR count). The van der Waals surface area contributed by atoms with Crippen LogP contribution in [0.5, 0.6) is 0 Å². The van der Waals surface area contributed by atoms with Crippen LogP contribution in [0.3, 0.4) is 0 Å². The van der Waals surface area contributed by atoms with Crippen molar-refractivity contribution >= 4 is 56.4 Å². The maximum Gasteiger partial charge on any atom is 0.286 e. The van der Waals surface area contributed by atoms with Crippen molar-refractivity contribution in [2.24, 2.45) is 0 Å². The van der Waals surface area contributed by atoms with Crippen LogP contribution in [0.15, 0.2) is 40.8 Å². The predicted molar refractivity (Wildman–Crippen MR) is 124 cm³/mol. The number of thiophene rings is 1. The Balaban J connectivity index is 0.00000289. The van der Waals surface area contributed by atoms with Gasteiger partial charge in [-0.3, -0.25) is 14.8 Å². The number of sulfone groups is 1. The van der Waals surface area contributed by atoms with E-state index in [2.05, 4.69) is 5.32 Å². The zero-order chi connectivity index (χ0) is 22.2. The maximum absolute atomic E-state index is 13.1. The summed E-state index contributed by atoms with van der Waals surface area (Å²) in [5.41, 5.74) is 3.00. The van der Waals surface area contributed by atoms with Gasteiger partial charge in [0.1, 0.15) is 10.3 Å². The summed E-state index contributed by atoms with van der Waals surface area (Å²) in [5.74, 6) is -0.809. The van der Waals surface area contributed by atoms with Gasteiger partial charge in [0.05, 0.1) is 12.2 Å². The van der Waals surface area contributed by atoms with Crippen molar-refractivity contribution in [3.8, 4) is 10.4 Å². The smallest absolute Gasteiger partial charge is 0.286 e. The van der Waals surface area contributed by atoms with E-state index >= 15 is 0 Å². The predicted octanol–water partition coefficient (Wildman–Crippen LogP) is 3.63. The summed E-state index contributed by atoms with van der Waals surface area (Å²) in [7, 11) is -2.05. The molecule has 8 nitrogen and oxygen atoms in total. The van der Waals surface area contributed by atoms with Crippen LogP contribution < -0.4 is 10.8 Å². The van der Waals surface area contributed by atoms with Gasteiger partial charge in [0, 0.05) is 22.2 Å². The molecule has 1 aliphatic rings. The van der Waals surface area contributed by atoms with Crippen LogP contribution in [-0.4, -0.2) is 38.2 Å². The van der Waals surface area contributed by atoms with Crippen molar-refractivity contribution in [1.82, 2.24) is 10.8 Å². The van der Waals surface area contributed by atoms with Crippen molar-refractivity contribution in [3.05, 3.63) is 47.0 Å². The van der Waals surface area contributed by atoms with Crippen LogP contribution in [0, 0.1) is 0 Å². The number of furan rings is 1. The molecular weight excluding hydrogens is 476 g/mol. The zero-order valence-electron chi connectivity index (χ0n) is 17.2. The van der Waals surface area contributed by atoms with Crippen molar-refractivity contribution in [2.75, 3.05) is 12.8 Å². The summed E-state index contributed by atoms with van der Waals surface area (Å²) in [4.78, 5) is 25.2. The number of benzene rings is 1. The lowest BCUT2D eigenvalue weighted by Gasteiger charge is -2.35. The van der Waals surface area contributed by atoms with Gasteiger partial charge in [-0.1, -0.05) is 6.42 Å². The molecule has 1 aliphatic heterocycles. The summed E-state index contributed by atoms with van der Waals surface area (Å²) in [6, 6.07) is 10.7. The van der Waals surface area contributed by atoms with Gasteiger partial charge >= 0.3 is 0 Å². The zero-order valence-corrected chi connectivity index (χ0v) is 19.7. The van der Waals surface area contributed by atoms with Crippen molar-refractivity contribution in [2.45, 2.75) is 30.4 Å². The highest BCUT2D eigenvalue weighted by atomic mass is 35.5. The average Bonchev–Trinajstić information content (AvgIpc) is 3.41. The molecule has 0 aliphatic carbocycles. The average molecular weight is 499 g/mol. The van der Waals surface area contributed by atoms with Crippen LogP contribution in [-0.2, 0) is 19.4 Å². The summed E-state index contributed by atoms with van der Waals surface area (Å²) in [6.07, 6.45) is 1.27. The summed E-state index contributed by atoms with van der Waals surface area (Å²) < 4.78 is 30.3. The highest BCUT2D eigenvalue weighted by molar-refractivity contribution is 7.92. The van der Waals surface area contributed by atoms with E-state index in [0.29, 0.717) is 29.7 Å². The fourth-order valence-corrected chi connectivity index (χ4v) is 7.86. The van der Waals surface area contributed by atoms with E-state index in [1.807, 2.05) is 18.2 Å². The highest BCUT2D eigenvalue weighted by Gasteiger charge is 2.49. The minimum atomic E-state index is -3.58. The van der Waals surface area contributed by atoms with Gasteiger partial charge < -0.3 is 9.73 Å². The molecule has 1 atom stereocenters. The third kappa shape index (κ3) is 4.15. The number of carbonyl (C=O) groups excluding carboxylic acids is 2. The van der Waals surface area contributed by atoms with E-state index in [4.69, 9.17) is 9.62 Å². The van der Waals surface area contributed by atoms with E-state index in [1.54, 1.807) is 23.7 Å². The topological polar surface area (TPSA) is 126 Å². The number of carbonyl (C=O) groups is 2. The summed E-state index contributed by atoms with van der Waals surface area (Å²) in [5, 5.41) is 12.3. The molecule has 1 fully saturated rings. The van der Waals surface area contributed by atoms with Crippen LogP contribution in [0.2, 0.25) is 0 Å². The van der Waals surface area contributed by atoms with E-state index in [0.717, 1.165) is 15.8 Å². The molecule has 2 amide bonds. The Kier molecular flexibility index (Phi) is 6.99. The first-order valence-electron chi connectivity index (χ1n) is 9.81. The quantitative estimate of drug-likeness (QED) is 0.364. The largest absolute Gasteiger partial charge is 0.451 e. The molecule has 0 unspecified atom stereocenters. The minimum absolute atomic E-state index is 0. The Labute approximate surface area is 195 Å². The molecule has 0 spiro atoms. The molecule has 0 radical (unpaired) electrons. The van der Waals surface area contributed by atoms with E-state index in [9.17, 15) is 18.0 Å². The highest BCUT2D eigenvalue weighted by Crippen LogP contribution is 2.47. The second-order valence-corrected chi connectivity index (χ2v) is 11.1. The maximum atomic E-state index is 13.1. The normalized spacial score (nSPS) is 19.8. The van der Waals surface area contributed by atoms with Gasteiger partial charge in [0.15, 0.2) is 15.6 Å². The monoisotopic (exact) mass is 498 g/mol. The van der Waals surface area contributed by atoms with Gasteiger partial charge in [-0.15, -0.1) is 23.7 Å². The molecule has 1 aromatic carbocycles. The Morgan fingerprint density at radius 2 is 1.97 bits per heavy atom. The molecule has 0 saturated carbocycles. The Bertz CT molecular complexity index is 1270. The number of rotatable bonds is 5. The van der Waals surface area contributed by atoms with Crippen LogP contribution >= 0.6 is 23.7 Å². The first kappa shape index (κ1) is 24.2. The van der Waals surface area contributed by atoms with E-state index in [-0.39, 0.29) is 36.2 Å². The van der Waals surface area contributed by atoms with Gasteiger partial charge in [-0.25, -0.2) is 13.9 Å². The molecule has 172 valence electrons. The van der Waals surface area contributed by atoms with Gasteiger partial charge in [0.2, 0.25) is 5.91 Å². The molecule has 3 heterocycles. The second-order valence-electron chi connectivity index (χ2n) is 7.59. The van der Waals surface area contributed by atoms with Crippen molar-refractivity contribution in [3.63, 3.8) is 0 Å². The summed E-state index contributed by atoms with van der Waals surface area (Å²) in [6.45, 7) is 0. The van der Waals surface area contributed by atoms with Crippen LogP contribution in [0.4, 0.5) is 0 Å². The van der Waals surface area contributed by atoms with Crippen molar-refractivity contribution < 1.29 is 27.6 Å². The number of fused-ring (bicyclic) bond motifs is 1. The molecule has 2 aromatic heterocycles. The third-order valence-corrected chi connectivity index (χ3v) is 9.77. The Morgan fingerprint density at radius 3 is 2.66 bits per heavy atom.